The molecule has 0 aromatic heterocycles. The summed E-state index contributed by atoms with van der Waals surface area (Å²) in [7, 11) is 1.24. The zero-order valence-corrected chi connectivity index (χ0v) is 7.74. The van der Waals surface area contributed by atoms with Gasteiger partial charge in [-0.3, -0.25) is 4.79 Å². The van der Waals surface area contributed by atoms with Crippen molar-refractivity contribution in [2.24, 2.45) is 5.16 Å². The Hall–Kier alpha value is -1.39. The van der Waals surface area contributed by atoms with Gasteiger partial charge in [-0.05, 0) is 6.42 Å². The van der Waals surface area contributed by atoms with Crippen LogP contribution in [0.2, 0.25) is 0 Å². The van der Waals surface area contributed by atoms with E-state index < -0.39 is 5.97 Å². The van der Waals surface area contributed by atoms with Gasteiger partial charge in [-0.2, -0.15) is 0 Å². The Labute approximate surface area is 76.4 Å². The molecule has 0 atom stereocenters. The molecule has 0 aliphatic carbocycles. The minimum Gasteiger partial charge on any atom is -0.477 e. The molecule has 0 amide bonds. The van der Waals surface area contributed by atoms with Gasteiger partial charge in [-0.15, -0.1) is 0 Å². The third-order valence-corrected chi connectivity index (χ3v) is 1.34. The summed E-state index contributed by atoms with van der Waals surface area (Å²) >= 11 is 0. The fourth-order valence-corrected chi connectivity index (χ4v) is 0.811. The van der Waals surface area contributed by atoms with Crippen molar-refractivity contribution in [2.75, 3.05) is 7.11 Å². The van der Waals surface area contributed by atoms with E-state index >= 15 is 0 Å². The van der Waals surface area contributed by atoms with Crippen LogP contribution < -0.4 is 0 Å². The molecule has 13 heavy (non-hydrogen) atoms. The number of carbonyl (C=O) groups excluding carboxylic acids is 1. The molecule has 0 aliphatic rings. The third-order valence-electron chi connectivity index (χ3n) is 1.34. The predicted molar refractivity (Wildman–Crippen MR) is 46.6 cm³/mol. The highest BCUT2D eigenvalue weighted by molar-refractivity contribution is 6.38. The summed E-state index contributed by atoms with van der Waals surface area (Å²) in [5.74, 6) is -1.35. The molecule has 0 rings (SSSR count). The van der Waals surface area contributed by atoms with Gasteiger partial charge < -0.3 is 9.94 Å². The largest absolute Gasteiger partial charge is 0.477 e. The first-order valence-corrected chi connectivity index (χ1v) is 3.96. The van der Waals surface area contributed by atoms with E-state index in [1.165, 1.54) is 7.11 Å². The molecule has 0 bridgehead atoms. The first kappa shape index (κ1) is 11.6. The molecule has 0 radical (unpaired) electrons. The highest BCUT2D eigenvalue weighted by atomic mass is 16.6. The van der Waals surface area contributed by atoms with E-state index in [2.05, 4.69) is 9.99 Å². The van der Waals surface area contributed by atoms with Crippen LogP contribution in [0.3, 0.4) is 0 Å². The fourth-order valence-electron chi connectivity index (χ4n) is 0.811. The molecule has 1 N–H and O–H groups in total. The van der Waals surface area contributed by atoms with Crippen LogP contribution in [0.15, 0.2) is 5.16 Å². The predicted octanol–water partition coefficient (Wildman–Crippen LogP) is 0.833. The van der Waals surface area contributed by atoms with Crippen LogP contribution in [0.1, 0.15) is 26.2 Å². The first-order chi connectivity index (χ1) is 6.11. The van der Waals surface area contributed by atoms with Crippen molar-refractivity contribution in [1.29, 1.82) is 0 Å². The number of nitrogens with zero attached hydrogens (tertiary/aromatic N) is 1. The third kappa shape index (κ3) is 4.95. The Kier molecular flexibility index (Phi) is 5.50. The number of aliphatic carboxylic acids is 1. The second-order valence-electron chi connectivity index (χ2n) is 2.49. The lowest BCUT2D eigenvalue weighted by molar-refractivity contribution is -0.130. The van der Waals surface area contributed by atoms with E-state index in [4.69, 9.17) is 5.11 Å². The molecule has 74 valence electrons. The molecule has 0 saturated carbocycles. The maximum Gasteiger partial charge on any atom is 0.354 e. The molecule has 0 unspecified atom stereocenters. The molecule has 0 saturated heterocycles. The summed E-state index contributed by atoms with van der Waals surface area (Å²) in [6.07, 6.45) is 0.908. The van der Waals surface area contributed by atoms with Crippen molar-refractivity contribution >= 4 is 17.5 Å². The van der Waals surface area contributed by atoms with Crippen molar-refractivity contribution in [3.8, 4) is 0 Å². The average Bonchev–Trinajstić information content (AvgIpc) is 2.04. The van der Waals surface area contributed by atoms with E-state index in [0.29, 0.717) is 12.8 Å². The molecule has 0 heterocycles. The standard InChI is InChI=1S/C8H13NO4/c1-3-4-6(10)5-7(8(11)12)9-13-2/h3-5H2,1-2H3,(H,11,12). The van der Waals surface area contributed by atoms with E-state index in [1.807, 2.05) is 6.92 Å². The van der Waals surface area contributed by atoms with E-state index in [0.717, 1.165) is 0 Å². The van der Waals surface area contributed by atoms with Gasteiger partial charge in [0.1, 0.15) is 12.9 Å². The van der Waals surface area contributed by atoms with Crippen LogP contribution in [-0.4, -0.2) is 29.7 Å². The number of ketones is 1. The van der Waals surface area contributed by atoms with Crippen LogP contribution in [0.5, 0.6) is 0 Å². The first-order valence-electron chi connectivity index (χ1n) is 3.96. The topological polar surface area (TPSA) is 76.0 Å². The van der Waals surface area contributed by atoms with Gasteiger partial charge in [0.25, 0.3) is 0 Å². The highest BCUT2D eigenvalue weighted by Gasteiger charge is 2.14. The van der Waals surface area contributed by atoms with Crippen molar-refractivity contribution in [3.63, 3.8) is 0 Å². The van der Waals surface area contributed by atoms with Gasteiger partial charge in [0.2, 0.25) is 0 Å². The van der Waals surface area contributed by atoms with Gasteiger partial charge in [0.15, 0.2) is 5.71 Å². The Morgan fingerprint density at radius 3 is 2.46 bits per heavy atom. The SMILES string of the molecule is CCCC(=O)CC(=NOC)C(=O)O. The lowest BCUT2D eigenvalue weighted by Crippen LogP contribution is -2.17. The molecule has 0 aliphatic heterocycles. The summed E-state index contributed by atoms with van der Waals surface area (Å²) in [4.78, 5) is 25.8. The molecular weight excluding hydrogens is 174 g/mol. The van der Waals surface area contributed by atoms with Crippen LogP contribution >= 0.6 is 0 Å². The Morgan fingerprint density at radius 1 is 1.46 bits per heavy atom. The van der Waals surface area contributed by atoms with Crippen molar-refractivity contribution in [2.45, 2.75) is 26.2 Å². The summed E-state index contributed by atoms with van der Waals surface area (Å²) in [5.41, 5.74) is -0.249. The Morgan fingerprint density at radius 2 is 2.08 bits per heavy atom. The number of oxime groups is 1. The molecule has 0 aromatic rings. The second kappa shape index (κ2) is 6.16. The zero-order chi connectivity index (χ0) is 10.3. The summed E-state index contributed by atoms with van der Waals surface area (Å²) in [5, 5.41) is 11.8. The summed E-state index contributed by atoms with van der Waals surface area (Å²) in [6.45, 7) is 1.85. The van der Waals surface area contributed by atoms with Crippen LogP contribution in [0.25, 0.3) is 0 Å². The molecule has 5 nitrogen and oxygen atoms in total. The number of hydrogen-bond acceptors (Lipinski definition) is 4. The molecule has 0 spiro atoms. The van der Waals surface area contributed by atoms with Gasteiger partial charge in [0, 0.05) is 6.42 Å². The van der Waals surface area contributed by atoms with Gasteiger partial charge in [-0.1, -0.05) is 12.1 Å². The Balaban J connectivity index is 4.19. The van der Waals surface area contributed by atoms with Gasteiger partial charge in [-0.25, -0.2) is 4.79 Å². The number of carboxylic acid groups (broad SMARTS) is 1. The van der Waals surface area contributed by atoms with Gasteiger partial charge in [0.05, 0.1) is 6.42 Å². The summed E-state index contributed by atoms with van der Waals surface area (Å²) < 4.78 is 0. The van der Waals surface area contributed by atoms with E-state index in [-0.39, 0.29) is 17.9 Å². The number of carboxylic acids is 1. The van der Waals surface area contributed by atoms with Gasteiger partial charge >= 0.3 is 5.97 Å². The maximum absolute atomic E-state index is 11.0. The number of Topliss-reactive ketones (excluding diaryl/α,β-unsaturated/α-hetero) is 1. The van der Waals surface area contributed by atoms with Crippen LogP contribution in [0, 0.1) is 0 Å². The Bertz CT molecular complexity index is 222. The van der Waals surface area contributed by atoms with Crippen molar-refractivity contribution in [3.05, 3.63) is 0 Å². The monoisotopic (exact) mass is 187 g/mol. The summed E-state index contributed by atoms with van der Waals surface area (Å²) in [6, 6.07) is 0. The molecular formula is C8H13NO4. The van der Waals surface area contributed by atoms with Crippen molar-refractivity contribution < 1.29 is 19.5 Å². The van der Waals surface area contributed by atoms with E-state index in [1.54, 1.807) is 0 Å². The van der Waals surface area contributed by atoms with Crippen LogP contribution in [-0.2, 0) is 14.4 Å². The number of hydrogen-bond donors (Lipinski definition) is 1. The van der Waals surface area contributed by atoms with Crippen molar-refractivity contribution in [1.82, 2.24) is 0 Å². The number of carbonyl (C=O) groups is 2. The molecule has 5 heteroatoms. The zero-order valence-electron chi connectivity index (χ0n) is 7.74. The normalized spacial score (nSPS) is 11.1. The van der Waals surface area contributed by atoms with E-state index in [9.17, 15) is 9.59 Å². The minimum absolute atomic E-state index is 0.138. The highest BCUT2D eigenvalue weighted by Crippen LogP contribution is 1.97. The number of rotatable bonds is 6. The quantitative estimate of drug-likeness (QED) is 0.493. The maximum atomic E-state index is 11.0. The lowest BCUT2D eigenvalue weighted by Gasteiger charge is -1.98. The molecule has 0 fully saturated rings. The smallest absolute Gasteiger partial charge is 0.354 e. The van der Waals surface area contributed by atoms with Crippen LogP contribution in [0.4, 0.5) is 0 Å². The second-order valence-corrected chi connectivity index (χ2v) is 2.49. The molecule has 0 aromatic carbocycles. The fraction of sp³-hybridized carbons (Fsp3) is 0.625. The average molecular weight is 187 g/mol. The lowest BCUT2D eigenvalue weighted by atomic mass is 10.1. The minimum atomic E-state index is -1.22.